The Morgan fingerprint density at radius 1 is 1.23 bits per heavy atom. The first-order valence-electron chi connectivity index (χ1n) is 8.49. The second kappa shape index (κ2) is 6.85. The van der Waals surface area contributed by atoms with Gasteiger partial charge in [-0.25, -0.2) is 0 Å². The van der Waals surface area contributed by atoms with E-state index >= 15 is 0 Å². The molecule has 0 aromatic carbocycles. The monoisotopic (exact) mass is 312 g/mol. The van der Waals surface area contributed by atoms with E-state index in [4.69, 9.17) is 4.74 Å². The number of aliphatic hydroxyl groups is 1. The fraction of sp³-hybridized carbons (Fsp3) is 0.941. The summed E-state index contributed by atoms with van der Waals surface area (Å²) in [5.74, 6) is 0.438. The lowest BCUT2D eigenvalue weighted by Gasteiger charge is -2.49. The van der Waals surface area contributed by atoms with Gasteiger partial charge in [0, 0.05) is 38.1 Å². The molecule has 2 heterocycles. The Kier molecular flexibility index (Phi) is 5.51. The van der Waals surface area contributed by atoms with E-state index in [-0.39, 0.29) is 17.2 Å². The van der Waals surface area contributed by atoms with Crippen LogP contribution in [0.25, 0.3) is 0 Å². The Balaban J connectivity index is 1.86. The maximum Gasteiger partial charge on any atom is 0.225 e. The third-order valence-electron chi connectivity index (χ3n) is 5.77. The van der Waals surface area contributed by atoms with Crippen molar-refractivity contribution in [1.82, 2.24) is 9.80 Å². The number of nitrogens with zero attached hydrogens (tertiary/aromatic N) is 2. The fourth-order valence-corrected chi connectivity index (χ4v) is 3.49. The fourth-order valence-electron chi connectivity index (χ4n) is 3.49. The number of rotatable bonds is 4. The first kappa shape index (κ1) is 17.7. The molecule has 0 aromatic rings. The van der Waals surface area contributed by atoms with Crippen molar-refractivity contribution in [2.75, 3.05) is 46.4 Å². The topological polar surface area (TPSA) is 53.0 Å². The second-order valence-corrected chi connectivity index (χ2v) is 7.78. The van der Waals surface area contributed by atoms with Crippen molar-refractivity contribution in [3.05, 3.63) is 0 Å². The van der Waals surface area contributed by atoms with Gasteiger partial charge in [0.05, 0.1) is 12.2 Å². The highest BCUT2D eigenvalue weighted by Gasteiger charge is 2.45. The van der Waals surface area contributed by atoms with Crippen molar-refractivity contribution in [1.29, 1.82) is 0 Å². The molecule has 0 bridgehead atoms. The summed E-state index contributed by atoms with van der Waals surface area (Å²) in [6, 6.07) is 0. The standard InChI is InChI=1S/C17H32N2O3/c1-16(2)13-19(10-7-17(16,3)21)15(20)14-5-8-18(9-6-14)11-12-22-4/h14,21H,5-13H2,1-4H3/t17-/m1/s1. The minimum Gasteiger partial charge on any atom is -0.389 e. The lowest BCUT2D eigenvalue weighted by Crippen LogP contribution is -2.58. The van der Waals surface area contributed by atoms with Crippen LogP contribution in [0.3, 0.4) is 0 Å². The molecule has 0 unspecified atom stereocenters. The van der Waals surface area contributed by atoms with Gasteiger partial charge >= 0.3 is 0 Å². The first-order valence-corrected chi connectivity index (χ1v) is 8.49. The van der Waals surface area contributed by atoms with Crippen molar-refractivity contribution in [3.8, 4) is 0 Å². The smallest absolute Gasteiger partial charge is 0.225 e. The van der Waals surface area contributed by atoms with Gasteiger partial charge in [-0.2, -0.15) is 0 Å². The van der Waals surface area contributed by atoms with Gasteiger partial charge in [-0.05, 0) is 39.3 Å². The average Bonchev–Trinajstić information content (AvgIpc) is 2.48. The zero-order valence-electron chi connectivity index (χ0n) is 14.6. The first-order chi connectivity index (χ1) is 10.3. The molecule has 2 fully saturated rings. The molecule has 0 radical (unpaired) electrons. The zero-order valence-corrected chi connectivity index (χ0v) is 14.6. The van der Waals surface area contributed by atoms with Gasteiger partial charge in [-0.3, -0.25) is 4.79 Å². The highest BCUT2D eigenvalue weighted by atomic mass is 16.5. The minimum absolute atomic E-state index is 0.151. The van der Waals surface area contributed by atoms with Gasteiger partial charge in [0.15, 0.2) is 0 Å². The molecule has 22 heavy (non-hydrogen) atoms. The highest BCUT2D eigenvalue weighted by Crippen LogP contribution is 2.38. The third kappa shape index (κ3) is 3.81. The van der Waals surface area contributed by atoms with E-state index in [0.717, 1.165) is 39.1 Å². The summed E-state index contributed by atoms with van der Waals surface area (Å²) in [5.41, 5.74) is -0.937. The van der Waals surface area contributed by atoms with Crippen LogP contribution in [-0.4, -0.2) is 72.9 Å². The normalized spacial score (nSPS) is 30.5. The van der Waals surface area contributed by atoms with Crippen molar-refractivity contribution in [2.24, 2.45) is 11.3 Å². The summed E-state index contributed by atoms with van der Waals surface area (Å²) in [4.78, 5) is 17.1. The molecule has 1 amide bonds. The zero-order chi connectivity index (χ0) is 16.4. The summed E-state index contributed by atoms with van der Waals surface area (Å²) in [6.45, 7) is 11.0. The van der Waals surface area contributed by atoms with E-state index in [9.17, 15) is 9.90 Å². The van der Waals surface area contributed by atoms with E-state index in [1.54, 1.807) is 7.11 Å². The Hall–Kier alpha value is -0.650. The van der Waals surface area contributed by atoms with E-state index in [0.29, 0.717) is 19.5 Å². The molecular formula is C17H32N2O3. The minimum atomic E-state index is -0.687. The van der Waals surface area contributed by atoms with Gasteiger partial charge in [-0.15, -0.1) is 0 Å². The van der Waals surface area contributed by atoms with Gasteiger partial charge in [0.2, 0.25) is 5.91 Å². The number of hydrogen-bond acceptors (Lipinski definition) is 4. The number of piperidine rings is 2. The Bertz CT molecular complexity index is 387. The van der Waals surface area contributed by atoms with Crippen LogP contribution in [0.5, 0.6) is 0 Å². The van der Waals surface area contributed by atoms with Crippen molar-refractivity contribution < 1.29 is 14.6 Å². The number of ether oxygens (including phenoxy) is 1. The van der Waals surface area contributed by atoms with E-state index < -0.39 is 5.60 Å². The molecule has 1 atom stereocenters. The molecule has 0 aliphatic carbocycles. The molecule has 1 N–H and O–H groups in total. The predicted octanol–water partition coefficient (Wildman–Crippen LogP) is 1.35. The second-order valence-electron chi connectivity index (χ2n) is 7.78. The van der Waals surface area contributed by atoms with E-state index in [1.165, 1.54) is 0 Å². The van der Waals surface area contributed by atoms with Crippen LogP contribution in [0.4, 0.5) is 0 Å². The molecule has 5 heteroatoms. The number of hydrogen-bond donors (Lipinski definition) is 1. The lowest BCUT2D eigenvalue weighted by molar-refractivity contribution is -0.152. The van der Waals surface area contributed by atoms with E-state index in [2.05, 4.69) is 18.7 Å². The van der Waals surface area contributed by atoms with Crippen LogP contribution in [-0.2, 0) is 9.53 Å². The van der Waals surface area contributed by atoms with Crippen molar-refractivity contribution in [3.63, 3.8) is 0 Å². The Morgan fingerprint density at radius 2 is 1.86 bits per heavy atom. The summed E-state index contributed by atoms with van der Waals surface area (Å²) in [5, 5.41) is 10.5. The maximum atomic E-state index is 12.8. The molecule has 2 aliphatic rings. The molecule has 0 spiro atoms. The van der Waals surface area contributed by atoms with Crippen LogP contribution in [0.1, 0.15) is 40.0 Å². The number of carbonyl (C=O) groups excluding carboxylic acids is 1. The largest absolute Gasteiger partial charge is 0.389 e. The van der Waals surface area contributed by atoms with Crippen LogP contribution in [0.2, 0.25) is 0 Å². The van der Waals surface area contributed by atoms with Gasteiger partial charge in [-0.1, -0.05) is 13.8 Å². The molecule has 0 aromatic heterocycles. The molecule has 2 saturated heterocycles. The number of carbonyl (C=O) groups is 1. The Morgan fingerprint density at radius 3 is 2.41 bits per heavy atom. The summed E-state index contributed by atoms with van der Waals surface area (Å²) < 4.78 is 5.12. The highest BCUT2D eigenvalue weighted by molar-refractivity contribution is 5.79. The molecule has 2 rings (SSSR count). The number of methoxy groups -OCH3 is 1. The molecular weight excluding hydrogens is 280 g/mol. The molecule has 0 saturated carbocycles. The molecule has 128 valence electrons. The van der Waals surface area contributed by atoms with E-state index in [1.807, 2.05) is 11.8 Å². The predicted molar refractivity (Wildman–Crippen MR) is 86.6 cm³/mol. The van der Waals surface area contributed by atoms with Crippen LogP contribution < -0.4 is 0 Å². The van der Waals surface area contributed by atoms with Crippen LogP contribution >= 0.6 is 0 Å². The van der Waals surface area contributed by atoms with Crippen LogP contribution in [0, 0.1) is 11.3 Å². The van der Waals surface area contributed by atoms with Crippen LogP contribution in [0.15, 0.2) is 0 Å². The lowest BCUT2D eigenvalue weighted by atomic mass is 9.71. The van der Waals surface area contributed by atoms with Crippen molar-refractivity contribution >= 4 is 5.91 Å². The third-order valence-corrected chi connectivity index (χ3v) is 5.77. The quantitative estimate of drug-likeness (QED) is 0.851. The average molecular weight is 312 g/mol. The van der Waals surface area contributed by atoms with Gasteiger partial charge in [0.1, 0.15) is 0 Å². The molecule has 2 aliphatic heterocycles. The summed E-state index contributed by atoms with van der Waals surface area (Å²) in [6.07, 6.45) is 2.55. The summed E-state index contributed by atoms with van der Waals surface area (Å²) >= 11 is 0. The van der Waals surface area contributed by atoms with Gasteiger partial charge in [0.25, 0.3) is 0 Å². The maximum absolute atomic E-state index is 12.8. The summed E-state index contributed by atoms with van der Waals surface area (Å²) in [7, 11) is 1.73. The number of amides is 1. The van der Waals surface area contributed by atoms with Gasteiger partial charge < -0.3 is 19.6 Å². The SMILES string of the molecule is COCCN1CCC(C(=O)N2CC[C@@](C)(O)C(C)(C)C2)CC1. The molecule has 5 nitrogen and oxygen atoms in total. The number of likely N-dealkylation sites (tertiary alicyclic amines) is 2. The van der Waals surface area contributed by atoms with Crippen molar-refractivity contribution in [2.45, 2.75) is 45.6 Å². The Labute approximate surface area is 134 Å².